The number of hydrogen-bond donors (Lipinski definition) is 0. The van der Waals surface area contributed by atoms with E-state index in [-0.39, 0.29) is 0 Å². The van der Waals surface area contributed by atoms with Crippen LogP contribution in [0.5, 0.6) is 0 Å². The number of carbonyl (C=O) groups is 1. The van der Waals surface area contributed by atoms with E-state index < -0.39 is 5.41 Å². The van der Waals surface area contributed by atoms with Crippen molar-refractivity contribution >= 4 is 5.78 Å². The minimum atomic E-state index is -0.581. The number of benzene rings is 2. The monoisotopic (exact) mass is 324 g/mol. The highest BCUT2D eigenvalue weighted by molar-refractivity contribution is 5.93. The van der Waals surface area contributed by atoms with Gasteiger partial charge in [-0.05, 0) is 18.1 Å². The van der Waals surface area contributed by atoms with Crippen molar-refractivity contribution in [2.75, 3.05) is 21.1 Å². The normalized spacial score (nSPS) is 13.5. The van der Waals surface area contributed by atoms with Crippen molar-refractivity contribution in [3.8, 4) is 0 Å². The maximum atomic E-state index is 13.3. The fourth-order valence-corrected chi connectivity index (χ4v) is 3.30. The van der Waals surface area contributed by atoms with E-state index in [0.717, 1.165) is 22.0 Å². The molecule has 0 aromatic heterocycles. The lowest BCUT2D eigenvalue weighted by molar-refractivity contribution is -0.894. The summed E-state index contributed by atoms with van der Waals surface area (Å²) in [5, 5.41) is 0. The number of ketones is 1. The van der Waals surface area contributed by atoms with E-state index in [1.807, 2.05) is 43.3 Å². The van der Waals surface area contributed by atoms with Crippen molar-refractivity contribution in [1.29, 1.82) is 0 Å². The number of hydrogen-bond acceptors (Lipinski definition) is 1. The van der Waals surface area contributed by atoms with E-state index in [0.29, 0.717) is 18.2 Å². The van der Waals surface area contributed by atoms with Crippen LogP contribution in [0.3, 0.4) is 0 Å². The van der Waals surface area contributed by atoms with Gasteiger partial charge >= 0.3 is 0 Å². The van der Waals surface area contributed by atoms with Gasteiger partial charge in [0.15, 0.2) is 0 Å². The van der Waals surface area contributed by atoms with Crippen LogP contribution in [-0.4, -0.2) is 37.5 Å². The lowest BCUT2D eigenvalue weighted by Crippen LogP contribution is -2.49. The molecule has 0 unspecified atom stereocenters. The minimum absolute atomic E-state index is 0.292. The van der Waals surface area contributed by atoms with Crippen molar-refractivity contribution < 1.29 is 9.28 Å². The Kier molecular flexibility index (Phi) is 5.61. The SMILES string of the molecule is CCC(=O)C(C[C@H](C)[N+](C)(C)C)(c1ccccc1)c1ccccc1. The van der Waals surface area contributed by atoms with Crippen LogP contribution in [-0.2, 0) is 10.2 Å². The summed E-state index contributed by atoms with van der Waals surface area (Å²) >= 11 is 0. The van der Waals surface area contributed by atoms with Crippen molar-refractivity contribution in [2.45, 2.75) is 38.1 Å². The number of nitrogens with zero attached hydrogens (tertiary/aromatic N) is 1. The van der Waals surface area contributed by atoms with Gasteiger partial charge in [-0.1, -0.05) is 67.6 Å². The Balaban J connectivity index is 2.68. The Bertz CT molecular complexity index is 616. The molecule has 2 heteroatoms. The molecule has 0 bridgehead atoms. The first kappa shape index (κ1) is 18.4. The van der Waals surface area contributed by atoms with Crippen molar-refractivity contribution in [3.63, 3.8) is 0 Å². The quantitative estimate of drug-likeness (QED) is 0.688. The molecular formula is C22H30NO+. The van der Waals surface area contributed by atoms with Crippen molar-refractivity contribution in [1.82, 2.24) is 0 Å². The van der Waals surface area contributed by atoms with Gasteiger partial charge in [0.1, 0.15) is 5.78 Å². The summed E-state index contributed by atoms with van der Waals surface area (Å²) < 4.78 is 0.832. The highest BCUT2D eigenvalue weighted by Gasteiger charge is 2.44. The Hall–Kier alpha value is -1.93. The topological polar surface area (TPSA) is 17.1 Å². The molecule has 0 spiro atoms. The van der Waals surface area contributed by atoms with Gasteiger partial charge in [0.25, 0.3) is 0 Å². The zero-order valence-electron chi connectivity index (χ0n) is 15.6. The van der Waals surface area contributed by atoms with E-state index in [9.17, 15) is 4.79 Å². The number of quaternary nitrogens is 1. The summed E-state index contributed by atoms with van der Waals surface area (Å²) in [6.45, 7) is 4.21. The summed E-state index contributed by atoms with van der Waals surface area (Å²) in [4.78, 5) is 13.3. The van der Waals surface area contributed by atoms with Crippen LogP contribution in [0.15, 0.2) is 60.7 Å². The van der Waals surface area contributed by atoms with E-state index in [1.165, 1.54) is 0 Å². The van der Waals surface area contributed by atoms with Gasteiger partial charge in [-0.3, -0.25) is 4.79 Å². The molecule has 24 heavy (non-hydrogen) atoms. The first-order valence-corrected chi connectivity index (χ1v) is 8.78. The molecule has 128 valence electrons. The molecule has 0 saturated heterocycles. The van der Waals surface area contributed by atoms with Crippen LogP contribution >= 0.6 is 0 Å². The van der Waals surface area contributed by atoms with E-state index >= 15 is 0 Å². The molecule has 0 N–H and O–H groups in total. The van der Waals surface area contributed by atoms with Crippen LogP contribution in [0.4, 0.5) is 0 Å². The number of rotatable bonds is 7. The van der Waals surface area contributed by atoms with Crippen LogP contribution in [0.2, 0.25) is 0 Å². The molecule has 2 nitrogen and oxygen atoms in total. The van der Waals surface area contributed by atoms with Gasteiger partial charge < -0.3 is 4.48 Å². The van der Waals surface area contributed by atoms with E-state index in [4.69, 9.17) is 0 Å². The lowest BCUT2D eigenvalue weighted by Gasteiger charge is -2.40. The van der Waals surface area contributed by atoms with Crippen LogP contribution in [0.1, 0.15) is 37.8 Å². The third kappa shape index (κ3) is 3.59. The highest BCUT2D eigenvalue weighted by Crippen LogP contribution is 2.40. The predicted molar refractivity (Wildman–Crippen MR) is 101 cm³/mol. The molecule has 0 amide bonds. The zero-order valence-corrected chi connectivity index (χ0v) is 15.6. The van der Waals surface area contributed by atoms with Crippen molar-refractivity contribution in [3.05, 3.63) is 71.8 Å². The first-order valence-electron chi connectivity index (χ1n) is 8.78. The molecule has 1 atom stereocenters. The summed E-state index contributed by atoms with van der Waals surface area (Å²) in [6.07, 6.45) is 1.34. The molecule has 0 aliphatic rings. The Morgan fingerprint density at radius 1 is 0.917 bits per heavy atom. The number of Topliss-reactive ketones (excluding diaryl/α,β-unsaturated/α-hetero) is 1. The van der Waals surface area contributed by atoms with Crippen LogP contribution in [0.25, 0.3) is 0 Å². The lowest BCUT2D eigenvalue weighted by atomic mass is 9.66. The van der Waals surface area contributed by atoms with Gasteiger partial charge in [-0.15, -0.1) is 0 Å². The van der Waals surface area contributed by atoms with Gasteiger partial charge in [0, 0.05) is 12.8 Å². The molecule has 2 aromatic carbocycles. The fourth-order valence-electron chi connectivity index (χ4n) is 3.30. The smallest absolute Gasteiger partial charge is 0.147 e. The Morgan fingerprint density at radius 3 is 1.67 bits per heavy atom. The second kappa shape index (κ2) is 7.31. The van der Waals surface area contributed by atoms with E-state index in [2.05, 4.69) is 52.3 Å². The number of carbonyl (C=O) groups excluding carboxylic acids is 1. The summed E-state index contributed by atoms with van der Waals surface area (Å²) in [5.41, 5.74) is 1.62. The van der Waals surface area contributed by atoms with Gasteiger partial charge in [0.05, 0.1) is 32.6 Å². The molecule has 0 aliphatic carbocycles. The molecule has 0 aliphatic heterocycles. The maximum Gasteiger partial charge on any atom is 0.147 e. The minimum Gasteiger partial charge on any atom is -0.329 e. The van der Waals surface area contributed by atoms with Crippen LogP contribution in [0, 0.1) is 0 Å². The van der Waals surface area contributed by atoms with Gasteiger partial charge in [-0.2, -0.15) is 0 Å². The summed E-state index contributed by atoms with van der Waals surface area (Å²) in [7, 11) is 6.59. The van der Waals surface area contributed by atoms with Crippen molar-refractivity contribution in [2.24, 2.45) is 0 Å². The standard InChI is InChI=1S/C22H30NO/c1-6-21(24)22(17-18(2)23(3,4)5,19-13-9-7-10-14-19)20-15-11-8-12-16-20/h7-16,18H,6,17H2,1-5H3/q+1/t18-/m0/s1. The second-order valence-electron chi connectivity index (χ2n) is 7.58. The summed E-state index contributed by atoms with van der Waals surface area (Å²) in [5.74, 6) is 0.292. The Labute approximate surface area is 146 Å². The van der Waals surface area contributed by atoms with Gasteiger partial charge in [0.2, 0.25) is 0 Å². The third-order valence-corrected chi connectivity index (χ3v) is 5.25. The largest absolute Gasteiger partial charge is 0.329 e. The van der Waals surface area contributed by atoms with Gasteiger partial charge in [-0.25, -0.2) is 0 Å². The predicted octanol–water partition coefficient (Wildman–Crippen LogP) is 4.44. The second-order valence-corrected chi connectivity index (χ2v) is 7.58. The van der Waals surface area contributed by atoms with Crippen LogP contribution < -0.4 is 0 Å². The molecular weight excluding hydrogens is 294 g/mol. The maximum absolute atomic E-state index is 13.3. The molecule has 0 fully saturated rings. The molecule has 0 saturated carbocycles. The average molecular weight is 324 g/mol. The Morgan fingerprint density at radius 2 is 1.33 bits per heavy atom. The highest BCUT2D eigenvalue weighted by atomic mass is 16.1. The molecule has 2 rings (SSSR count). The third-order valence-electron chi connectivity index (χ3n) is 5.25. The summed E-state index contributed by atoms with van der Waals surface area (Å²) in [6, 6.07) is 20.9. The molecule has 2 aromatic rings. The van der Waals surface area contributed by atoms with E-state index in [1.54, 1.807) is 0 Å². The zero-order chi connectivity index (χ0) is 17.8. The fraction of sp³-hybridized carbons (Fsp3) is 0.409. The average Bonchev–Trinajstić information content (AvgIpc) is 2.59. The molecule has 0 heterocycles. The first-order chi connectivity index (χ1) is 11.3. The molecule has 0 radical (unpaired) electrons.